The lowest BCUT2D eigenvalue weighted by Gasteiger charge is -2.33. The smallest absolute Gasteiger partial charge is 0.407 e. The summed E-state index contributed by atoms with van der Waals surface area (Å²) in [5.41, 5.74) is 1.61. The maximum Gasteiger partial charge on any atom is 0.407 e. The number of amides is 2. The van der Waals surface area contributed by atoms with Crippen molar-refractivity contribution in [3.05, 3.63) is 52.5 Å². The zero-order valence-corrected chi connectivity index (χ0v) is 15.3. The Hall–Kier alpha value is -2.39. The van der Waals surface area contributed by atoms with Crippen LogP contribution in [0.25, 0.3) is 0 Å². The Balaban J connectivity index is 1.65. The number of aliphatic imine (C=N–C) groups is 1. The standard InChI is InChI=1S/C17H16N4O3S2/c22-14(11-4-2-1-3-5-11)19-15-20-17(13-6-18-10-26-13)9-21(16(23)24)7-12(17)8-25-15/h1-6,10,12H,7-9H2,(H,23,24)(H,19,20,22)/t12-,17-/m0/s1. The molecule has 134 valence electrons. The van der Waals surface area contributed by atoms with E-state index in [1.807, 2.05) is 6.07 Å². The van der Waals surface area contributed by atoms with Crippen molar-refractivity contribution in [2.45, 2.75) is 5.54 Å². The third kappa shape index (κ3) is 2.97. The maximum absolute atomic E-state index is 12.4. The Bertz CT molecular complexity index is 856. The van der Waals surface area contributed by atoms with Gasteiger partial charge in [0.2, 0.25) is 0 Å². The normalized spacial score (nSPS) is 24.7. The molecule has 1 saturated heterocycles. The van der Waals surface area contributed by atoms with Gasteiger partial charge in [-0.25, -0.2) is 9.79 Å². The van der Waals surface area contributed by atoms with Crippen LogP contribution >= 0.6 is 23.1 Å². The Morgan fingerprint density at radius 1 is 1.31 bits per heavy atom. The number of aromatic nitrogens is 1. The van der Waals surface area contributed by atoms with Crippen LogP contribution < -0.4 is 5.32 Å². The number of benzene rings is 1. The van der Waals surface area contributed by atoms with Crippen LogP contribution in [0.15, 0.2) is 47.0 Å². The number of thiazole rings is 1. The van der Waals surface area contributed by atoms with Crippen molar-refractivity contribution in [3.63, 3.8) is 0 Å². The van der Waals surface area contributed by atoms with Crippen LogP contribution in [0.4, 0.5) is 4.79 Å². The minimum Gasteiger partial charge on any atom is -0.465 e. The van der Waals surface area contributed by atoms with E-state index in [1.54, 1.807) is 36.0 Å². The number of rotatable bonds is 2. The van der Waals surface area contributed by atoms with E-state index in [4.69, 9.17) is 4.99 Å². The molecule has 1 aromatic carbocycles. The summed E-state index contributed by atoms with van der Waals surface area (Å²) < 4.78 is 0. The number of likely N-dealkylation sites (tertiary alicyclic amines) is 1. The maximum atomic E-state index is 12.4. The van der Waals surface area contributed by atoms with Crippen LogP contribution in [-0.4, -0.2) is 51.0 Å². The molecule has 2 aliphatic rings. The molecule has 9 heteroatoms. The summed E-state index contributed by atoms with van der Waals surface area (Å²) >= 11 is 2.92. The molecule has 0 saturated carbocycles. The van der Waals surface area contributed by atoms with Gasteiger partial charge in [-0.1, -0.05) is 30.0 Å². The summed E-state index contributed by atoms with van der Waals surface area (Å²) in [7, 11) is 0. The van der Waals surface area contributed by atoms with E-state index in [0.29, 0.717) is 23.0 Å². The number of carboxylic acid groups (broad SMARTS) is 1. The molecule has 0 aliphatic carbocycles. The number of carbonyl (C=O) groups is 2. The van der Waals surface area contributed by atoms with Crippen molar-refractivity contribution >= 4 is 40.3 Å². The number of fused-ring (bicyclic) bond motifs is 1. The van der Waals surface area contributed by atoms with Gasteiger partial charge in [-0.3, -0.25) is 9.78 Å². The summed E-state index contributed by atoms with van der Waals surface area (Å²) in [5.74, 6) is 0.527. The molecule has 0 unspecified atom stereocenters. The van der Waals surface area contributed by atoms with E-state index < -0.39 is 11.6 Å². The van der Waals surface area contributed by atoms with E-state index in [9.17, 15) is 14.7 Å². The van der Waals surface area contributed by atoms with Crippen molar-refractivity contribution in [1.82, 2.24) is 15.2 Å². The van der Waals surface area contributed by atoms with Crippen LogP contribution in [0.5, 0.6) is 0 Å². The molecular weight excluding hydrogens is 372 g/mol. The summed E-state index contributed by atoms with van der Waals surface area (Å²) in [6, 6.07) is 8.95. The number of nitrogens with zero attached hydrogens (tertiary/aromatic N) is 3. The highest BCUT2D eigenvalue weighted by Crippen LogP contribution is 2.46. The molecule has 26 heavy (non-hydrogen) atoms. The Morgan fingerprint density at radius 2 is 2.12 bits per heavy atom. The van der Waals surface area contributed by atoms with Crippen LogP contribution in [-0.2, 0) is 5.54 Å². The predicted octanol–water partition coefficient (Wildman–Crippen LogP) is 2.48. The summed E-state index contributed by atoms with van der Waals surface area (Å²) in [6.45, 7) is 0.712. The highest BCUT2D eigenvalue weighted by atomic mass is 32.2. The zero-order valence-electron chi connectivity index (χ0n) is 13.7. The molecular formula is C17H16N4O3S2. The summed E-state index contributed by atoms with van der Waals surface area (Å²) in [4.78, 5) is 35.2. The van der Waals surface area contributed by atoms with Crippen LogP contribution in [0.2, 0.25) is 0 Å². The summed E-state index contributed by atoms with van der Waals surface area (Å²) in [5, 5.41) is 12.8. The number of hydrogen-bond acceptors (Lipinski definition) is 6. The van der Waals surface area contributed by atoms with Gasteiger partial charge < -0.3 is 15.3 Å². The Labute approximate surface area is 158 Å². The molecule has 1 aromatic heterocycles. The Morgan fingerprint density at radius 3 is 2.81 bits per heavy atom. The fourth-order valence-electron chi connectivity index (χ4n) is 3.34. The fraction of sp³-hybridized carbons (Fsp3) is 0.294. The number of thioether (sulfide) groups is 1. The topological polar surface area (TPSA) is 94.9 Å². The SMILES string of the molecule is O=C(NC1=N[C@@]2(c3cncs3)CN(C(=O)O)C[C@H]2CS1)c1ccccc1. The highest BCUT2D eigenvalue weighted by molar-refractivity contribution is 8.13. The van der Waals surface area contributed by atoms with Crippen molar-refractivity contribution in [1.29, 1.82) is 0 Å². The van der Waals surface area contributed by atoms with Gasteiger partial charge in [-0.05, 0) is 12.1 Å². The molecule has 2 N–H and O–H groups in total. The minimum atomic E-state index is -0.946. The molecule has 7 nitrogen and oxygen atoms in total. The first-order valence-electron chi connectivity index (χ1n) is 8.04. The van der Waals surface area contributed by atoms with Crippen LogP contribution in [0.3, 0.4) is 0 Å². The van der Waals surface area contributed by atoms with Gasteiger partial charge in [0.15, 0.2) is 5.17 Å². The first-order valence-corrected chi connectivity index (χ1v) is 9.91. The first kappa shape index (κ1) is 17.0. The fourth-order valence-corrected chi connectivity index (χ4v) is 5.31. The number of amidine groups is 1. The molecule has 2 amide bonds. The lowest BCUT2D eigenvalue weighted by molar-refractivity contribution is 0.0977. The van der Waals surface area contributed by atoms with Gasteiger partial charge in [0.05, 0.1) is 16.9 Å². The van der Waals surface area contributed by atoms with E-state index in [0.717, 1.165) is 4.88 Å². The molecule has 1 fully saturated rings. The van der Waals surface area contributed by atoms with Gasteiger partial charge in [-0.2, -0.15) is 0 Å². The van der Waals surface area contributed by atoms with Crippen molar-refractivity contribution in [2.75, 3.05) is 18.8 Å². The second-order valence-electron chi connectivity index (χ2n) is 6.20. The molecule has 2 atom stereocenters. The molecule has 0 radical (unpaired) electrons. The van der Waals surface area contributed by atoms with Gasteiger partial charge in [0.1, 0.15) is 5.54 Å². The van der Waals surface area contributed by atoms with Crippen LogP contribution in [0.1, 0.15) is 15.2 Å². The highest BCUT2D eigenvalue weighted by Gasteiger charge is 2.52. The number of nitrogens with one attached hydrogen (secondary N) is 1. The molecule has 0 spiro atoms. The van der Waals surface area contributed by atoms with Gasteiger partial charge in [0.25, 0.3) is 5.91 Å². The number of hydrogen-bond donors (Lipinski definition) is 2. The van der Waals surface area contributed by atoms with E-state index in [-0.39, 0.29) is 18.4 Å². The predicted molar refractivity (Wildman–Crippen MR) is 101 cm³/mol. The van der Waals surface area contributed by atoms with E-state index >= 15 is 0 Å². The monoisotopic (exact) mass is 388 g/mol. The second kappa shape index (κ2) is 6.73. The van der Waals surface area contributed by atoms with E-state index in [1.165, 1.54) is 28.0 Å². The minimum absolute atomic E-state index is 0.0569. The zero-order chi connectivity index (χ0) is 18.1. The van der Waals surface area contributed by atoms with Crippen molar-refractivity contribution < 1.29 is 14.7 Å². The molecule has 3 heterocycles. The summed E-state index contributed by atoms with van der Waals surface area (Å²) in [6.07, 6.45) is 0.803. The van der Waals surface area contributed by atoms with E-state index in [2.05, 4.69) is 10.3 Å². The first-order chi connectivity index (χ1) is 12.6. The average Bonchev–Trinajstić information content (AvgIpc) is 3.30. The lowest BCUT2D eigenvalue weighted by atomic mass is 9.87. The second-order valence-corrected chi connectivity index (χ2v) is 8.09. The molecule has 2 aliphatic heterocycles. The van der Waals surface area contributed by atoms with Gasteiger partial charge in [-0.15, -0.1) is 11.3 Å². The Kier molecular flexibility index (Phi) is 4.41. The van der Waals surface area contributed by atoms with Gasteiger partial charge in [0, 0.05) is 30.0 Å². The van der Waals surface area contributed by atoms with Crippen LogP contribution in [0, 0.1) is 5.92 Å². The quantitative estimate of drug-likeness (QED) is 0.824. The van der Waals surface area contributed by atoms with Crippen molar-refractivity contribution in [3.8, 4) is 0 Å². The molecule has 4 rings (SSSR count). The van der Waals surface area contributed by atoms with Gasteiger partial charge >= 0.3 is 6.09 Å². The average molecular weight is 388 g/mol. The lowest BCUT2D eigenvalue weighted by Crippen LogP contribution is -2.42. The third-order valence-electron chi connectivity index (χ3n) is 4.66. The molecule has 0 bridgehead atoms. The largest absolute Gasteiger partial charge is 0.465 e. The van der Waals surface area contributed by atoms with Crippen molar-refractivity contribution in [2.24, 2.45) is 10.9 Å². The number of carbonyl (C=O) groups excluding carboxylic acids is 1. The third-order valence-corrected chi connectivity index (χ3v) is 6.63. The molecule has 2 aromatic rings.